The number of hydrogen-bond acceptors (Lipinski definition) is 2. The number of halogens is 3. The van der Waals surface area contributed by atoms with Gasteiger partial charge in [0.1, 0.15) is 5.69 Å². The smallest absolute Gasteiger partial charge is 0.433 e. The summed E-state index contributed by atoms with van der Waals surface area (Å²) >= 11 is 0. The minimum Gasteiger partial charge on any atom is -0.478 e. The zero-order valence-corrected chi connectivity index (χ0v) is 9.92. The Kier molecular flexibility index (Phi) is 4.69. The Morgan fingerprint density at radius 2 is 2.00 bits per heavy atom. The molecule has 1 heterocycles. The van der Waals surface area contributed by atoms with Gasteiger partial charge in [0.25, 0.3) is 0 Å². The van der Waals surface area contributed by atoms with Crippen molar-refractivity contribution in [1.82, 2.24) is 4.98 Å². The van der Waals surface area contributed by atoms with Crippen LogP contribution in [0.2, 0.25) is 0 Å². The van der Waals surface area contributed by atoms with Crippen molar-refractivity contribution in [1.29, 1.82) is 0 Å². The summed E-state index contributed by atoms with van der Waals surface area (Å²) in [6.45, 7) is 1.97. The molecule has 0 aliphatic heterocycles. The number of aryl methyl sites for hydroxylation is 1. The van der Waals surface area contributed by atoms with E-state index in [1.54, 1.807) is 0 Å². The molecule has 18 heavy (non-hydrogen) atoms. The van der Waals surface area contributed by atoms with Gasteiger partial charge in [0.15, 0.2) is 0 Å². The standard InChI is InChI=1S/C12H14F3NO2/c1-2-3-4-5-9-6-8(11(17)18)7-10(16-9)12(13,14)15/h6-7H,2-5H2,1H3,(H,17,18). The predicted octanol–water partition coefficient (Wildman–Crippen LogP) is 3.53. The molecule has 0 aliphatic rings. The first-order valence-corrected chi connectivity index (χ1v) is 5.66. The first kappa shape index (κ1) is 14.5. The number of hydrogen-bond donors (Lipinski definition) is 1. The van der Waals surface area contributed by atoms with Crippen LogP contribution >= 0.6 is 0 Å². The van der Waals surface area contributed by atoms with Crippen LogP contribution < -0.4 is 0 Å². The molecule has 0 saturated heterocycles. The third kappa shape index (κ3) is 4.01. The zero-order chi connectivity index (χ0) is 13.8. The van der Waals surface area contributed by atoms with Gasteiger partial charge in [0, 0.05) is 5.69 Å². The van der Waals surface area contributed by atoms with Gasteiger partial charge in [-0.3, -0.25) is 0 Å². The van der Waals surface area contributed by atoms with Gasteiger partial charge in [-0.05, 0) is 25.0 Å². The van der Waals surface area contributed by atoms with E-state index in [9.17, 15) is 18.0 Å². The Bertz CT molecular complexity index is 430. The van der Waals surface area contributed by atoms with Gasteiger partial charge in [-0.2, -0.15) is 13.2 Å². The highest BCUT2D eigenvalue weighted by Gasteiger charge is 2.33. The Labute approximate surface area is 103 Å². The first-order chi connectivity index (χ1) is 8.34. The van der Waals surface area contributed by atoms with Gasteiger partial charge in [0.2, 0.25) is 0 Å². The third-order valence-electron chi connectivity index (χ3n) is 2.45. The number of carboxylic acid groups (broad SMARTS) is 1. The highest BCUT2D eigenvalue weighted by atomic mass is 19.4. The molecular formula is C12H14F3NO2. The molecule has 0 atom stereocenters. The van der Waals surface area contributed by atoms with Gasteiger partial charge in [-0.1, -0.05) is 19.8 Å². The molecule has 0 amide bonds. The van der Waals surface area contributed by atoms with Crippen LogP contribution in [-0.4, -0.2) is 16.1 Å². The molecule has 0 aliphatic carbocycles. The van der Waals surface area contributed by atoms with Crippen LogP contribution in [0, 0.1) is 0 Å². The molecule has 0 spiro atoms. The summed E-state index contributed by atoms with van der Waals surface area (Å²) in [7, 11) is 0. The van der Waals surface area contributed by atoms with Crippen molar-refractivity contribution in [3.63, 3.8) is 0 Å². The number of pyridine rings is 1. The van der Waals surface area contributed by atoms with E-state index in [-0.39, 0.29) is 11.3 Å². The van der Waals surface area contributed by atoms with E-state index >= 15 is 0 Å². The second-order valence-electron chi connectivity index (χ2n) is 3.99. The Hall–Kier alpha value is -1.59. The topological polar surface area (TPSA) is 50.2 Å². The molecule has 0 aromatic carbocycles. The van der Waals surface area contributed by atoms with Crippen LogP contribution in [-0.2, 0) is 12.6 Å². The number of carbonyl (C=O) groups is 1. The number of nitrogens with zero attached hydrogens (tertiary/aromatic N) is 1. The minimum absolute atomic E-state index is 0.177. The third-order valence-corrected chi connectivity index (χ3v) is 2.45. The molecule has 0 fully saturated rings. The van der Waals surface area contributed by atoms with E-state index in [1.165, 1.54) is 6.07 Å². The number of carboxylic acids is 1. The van der Waals surface area contributed by atoms with Gasteiger partial charge in [-0.25, -0.2) is 9.78 Å². The highest BCUT2D eigenvalue weighted by molar-refractivity contribution is 5.87. The molecule has 1 N–H and O–H groups in total. The van der Waals surface area contributed by atoms with Crippen molar-refractivity contribution in [2.24, 2.45) is 0 Å². The molecule has 100 valence electrons. The minimum atomic E-state index is -4.62. The van der Waals surface area contributed by atoms with Gasteiger partial charge in [0.05, 0.1) is 5.56 Å². The first-order valence-electron chi connectivity index (χ1n) is 5.66. The summed E-state index contributed by atoms with van der Waals surface area (Å²) in [5, 5.41) is 8.78. The number of rotatable bonds is 5. The second-order valence-corrected chi connectivity index (χ2v) is 3.99. The quantitative estimate of drug-likeness (QED) is 0.825. The summed E-state index contributed by atoms with van der Waals surface area (Å²) in [6.07, 6.45) is -1.75. The van der Waals surface area contributed by atoms with E-state index in [0.29, 0.717) is 18.9 Å². The van der Waals surface area contributed by atoms with Crippen LogP contribution in [0.4, 0.5) is 13.2 Å². The maximum atomic E-state index is 12.5. The summed E-state index contributed by atoms with van der Waals surface area (Å²) in [5.41, 5.74) is -1.34. The lowest BCUT2D eigenvalue weighted by molar-refractivity contribution is -0.141. The average Bonchev–Trinajstić information content (AvgIpc) is 2.28. The molecule has 0 bridgehead atoms. The van der Waals surface area contributed by atoms with Gasteiger partial charge >= 0.3 is 12.1 Å². The maximum absolute atomic E-state index is 12.5. The highest BCUT2D eigenvalue weighted by Crippen LogP contribution is 2.28. The summed E-state index contributed by atoms with van der Waals surface area (Å²) in [4.78, 5) is 14.2. The van der Waals surface area contributed by atoms with Crippen molar-refractivity contribution in [3.05, 3.63) is 29.1 Å². The molecule has 3 nitrogen and oxygen atoms in total. The Morgan fingerprint density at radius 3 is 2.50 bits per heavy atom. The molecule has 0 saturated carbocycles. The van der Waals surface area contributed by atoms with Crippen LogP contribution in [0.1, 0.15) is 47.9 Å². The van der Waals surface area contributed by atoms with E-state index in [0.717, 1.165) is 12.8 Å². The lowest BCUT2D eigenvalue weighted by Gasteiger charge is -2.09. The van der Waals surface area contributed by atoms with E-state index < -0.39 is 17.8 Å². The largest absolute Gasteiger partial charge is 0.478 e. The van der Waals surface area contributed by atoms with Crippen molar-refractivity contribution < 1.29 is 23.1 Å². The Balaban J connectivity index is 3.03. The fraction of sp³-hybridized carbons (Fsp3) is 0.500. The molecular weight excluding hydrogens is 247 g/mol. The molecule has 1 rings (SSSR count). The maximum Gasteiger partial charge on any atom is 0.433 e. The van der Waals surface area contributed by atoms with E-state index in [1.807, 2.05) is 6.92 Å². The molecule has 6 heteroatoms. The van der Waals surface area contributed by atoms with E-state index in [4.69, 9.17) is 5.11 Å². The van der Waals surface area contributed by atoms with Gasteiger partial charge < -0.3 is 5.11 Å². The molecule has 1 aromatic rings. The monoisotopic (exact) mass is 261 g/mol. The number of aromatic carboxylic acids is 1. The van der Waals surface area contributed by atoms with Crippen molar-refractivity contribution >= 4 is 5.97 Å². The van der Waals surface area contributed by atoms with Crippen LogP contribution in [0.25, 0.3) is 0 Å². The second kappa shape index (κ2) is 5.84. The van der Waals surface area contributed by atoms with Crippen molar-refractivity contribution in [3.8, 4) is 0 Å². The van der Waals surface area contributed by atoms with Crippen molar-refractivity contribution in [2.75, 3.05) is 0 Å². The SMILES string of the molecule is CCCCCc1cc(C(=O)O)cc(C(F)(F)F)n1. The summed E-state index contributed by atoms with van der Waals surface area (Å²) in [6, 6.07) is 1.76. The lowest BCUT2D eigenvalue weighted by atomic mass is 10.1. The normalized spacial score (nSPS) is 11.6. The van der Waals surface area contributed by atoms with Crippen LogP contribution in [0.15, 0.2) is 12.1 Å². The van der Waals surface area contributed by atoms with Crippen molar-refractivity contribution in [2.45, 2.75) is 38.8 Å². The number of aromatic nitrogens is 1. The fourth-order valence-corrected chi connectivity index (χ4v) is 1.54. The van der Waals surface area contributed by atoms with Crippen LogP contribution in [0.3, 0.4) is 0 Å². The molecule has 1 aromatic heterocycles. The van der Waals surface area contributed by atoms with Gasteiger partial charge in [-0.15, -0.1) is 0 Å². The van der Waals surface area contributed by atoms with E-state index in [2.05, 4.69) is 4.98 Å². The molecule has 0 radical (unpaired) electrons. The average molecular weight is 261 g/mol. The number of alkyl halides is 3. The Morgan fingerprint density at radius 1 is 1.33 bits per heavy atom. The molecule has 0 unspecified atom stereocenters. The van der Waals surface area contributed by atoms with Crippen LogP contribution in [0.5, 0.6) is 0 Å². The number of unbranched alkanes of at least 4 members (excludes halogenated alkanes) is 2. The lowest BCUT2D eigenvalue weighted by Crippen LogP contribution is -2.12. The summed E-state index contributed by atoms with van der Waals surface area (Å²) in [5.74, 6) is -1.38. The fourth-order valence-electron chi connectivity index (χ4n) is 1.54. The predicted molar refractivity (Wildman–Crippen MR) is 59.4 cm³/mol. The summed E-state index contributed by atoms with van der Waals surface area (Å²) < 4.78 is 37.6. The zero-order valence-electron chi connectivity index (χ0n) is 9.92.